The summed E-state index contributed by atoms with van der Waals surface area (Å²) in [5.74, 6) is 1.60. The Balaban J connectivity index is 2.36. The Hall–Kier alpha value is -0.540. The van der Waals surface area contributed by atoms with Crippen LogP contribution in [0.4, 0.5) is 0 Å². The highest BCUT2D eigenvalue weighted by Gasteiger charge is 2.18. The number of hydrogen-bond acceptors (Lipinski definition) is 2. The van der Waals surface area contributed by atoms with Crippen molar-refractivity contribution in [2.75, 3.05) is 19.7 Å². The maximum Gasteiger partial charge on any atom is 0.120 e. The van der Waals surface area contributed by atoms with Crippen molar-refractivity contribution < 1.29 is 4.74 Å². The third kappa shape index (κ3) is 6.41. The summed E-state index contributed by atoms with van der Waals surface area (Å²) in [6.45, 7) is 11.6. The quantitative estimate of drug-likeness (QED) is 0.818. The van der Waals surface area contributed by atoms with E-state index in [0.717, 1.165) is 23.3 Å². The van der Waals surface area contributed by atoms with Gasteiger partial charge in [-0.2, -0.15) is 0 Å². The van der Waals surface area contributed by atoms with E-state index >= 15 is 0 Å². The van der Waals surface area contributed by atoms with Crippen molar-refractivity contribution in [3.05, 3.63) is 28.7 Å². The Bertz CT molecular complexity index is 363. The molecule has 0 saturated heterocycles. The summed E-state index contributed by atoms with van der Waals surface area (Å²) in [6.07, 6.45) is 0. The molecule has 0 aromatic heterocycles. The van der Waals surface area contributed by atoms with Crippen LogP contribution >= 0.6 is 15.9 Å². The molecule has 0 spiro atoms. The van der Waals surface area contributed by atoms with E-state index < -0.39 is 0 Å². The lowest BCUT2D eigenvalue weighted by Gasteiger charge is -2.25. The fraction of sp³-hybridized carbons (Fsp3) is 0.600. The Kier molecular flexibility index (Phi) is 6.16. The molecule has 0 heterocycles. The molecule has 0 aliphatic carbocycles. The van der Waals surface area contributed by atoms with Crippen LogP contribution in [-0.4, -0.2) is 19.7 Å². The van der Waals surface area contributed by atoms with E-state index in [4.69, 9.17) is 4.74 Å². The van der Waals surface area contributed by atoms with Crippen LogP contribution in [0, 0.1) is 11.3 Å². The van der Waals surface area contributed by atoms with E-state index in [0.29, 0.717) is 12.5 Å². The van der Waals surface area contributed by atoms with Gasteiger partial charge in [0.1, 0.15) is 5.75 Å². The lowest BCUT2D eigenvalue weighted by atomic mass is 9.94. The van der Waals surface area contributed by atoms with Crippen molar-refractivity contribution in [1.29, 1.82) is 0 Å². The van der Waals surface area contributed by atoms with Crippen LogP contribution in [0.2, 0.25) is 0 Å². The monoisotopic (exact) mass is 313 g/mol. The molecule has 1 aromatic carbocycles. The van der Waals surface area contributed by atoms with Gasteiger partial charge in [0.2, 0.25) is 0 Å². The van der Waals surface area contributed by atoms with E-state index in [2.05, 4.69) is 48.9 Å². The molecule has 1 rings (SSSR count). The van der Waals surface area contributed by atoms with Crippen LogP contribution in [0.1, 0.15) is 27.7 Å². The Labute approximate surface area is 119 Å². The third-order valence-corrected chi connectivity index (χ3v) is 3.08. The normalized spacial score (nSPS) is 11.9. The SMILES string of the molecule is CC(C)CNCC(C)(C)COc1cccc(Br)c1. The van der Waals surface area contributed by atoms with Crippen LogP contribution in [0.15, 0.2) is 28.7 Å². The molecule has 0 saturated carbocycles. The van der Waals surface area contributed by atoms with Gasteiger partial charge in [0, 0.05) is 16.4 Å². The second-order valence-corrected chi connectivity index (χ2v) is 6.85. The van der Waals surface area contributed by atoms with Crippen molar-refractivity contribution in [1.82, 2.24) is 5.32 Å². The van der Waals surface area contributed by atoms with Crippen LogP contribution in [-0.2, 0) is 0 Å². The molecule has 0 amide bonds. The molecular weight excluding hydrogens is 290 g/mol. The van der Waals surface area contributed by atoms with Crippen molar-refractivity contribution in [2.24, 2.45) is 11.3 Å². The summed E-state index contributed by atoms with van der Waals surface area (Å²) in [5, 5.41) is 3.48. The summed E-state index contributed by atoms with van der Waals surface area (Å²) >= 11 is 3.45. The highest BCUT2D eigenvalue weighted by atomic mass is 79.9. The molecule has 2 nitrogen and oxygen atoms in total. The van der Waals surface area contributed by atoms with E-state index in [1.165, 1.54) is 0 Å². The average Bonchev–Trinajstić information content (AvgIpc) is 2.26. The van der Waals surface area contributed by atoms with Gasteiger partial charge in [-0.05, 0) is 30.7 Å². The van der Waals surface area contributed by atoms with Gasteiger partial charge in [-0.25, -0.2) is 0 Å². The minimum absolute atomic E-state index is 0.136. The molecular formula is C15H24BrNO. The molecule has 102 valence electrons. The lowest BCUT2D eigenvalue weighted by Crippen LogP contribution is -2.35. The summed E-state index contributed by atoms with van der Waals surface area (Å²) < 4.78 is 6.89. The maximum atomic E-state index is 5.84. The van der Waals surface area contributed by atoms with Gasteiger partial charge in [0.15, 0.2) is 0 Å². The highest BCUT2D eigenvalue weighted by Crippen LogP contribution is 2.21. The zero-order valence-electron chi connectivity index (χ0n) is 11.8. The predicted octanol–water partition coefficient (Wildman–Crippen LogP) is 4.10. The third-order valence-electron chi connectivity index (χ3n) is 2.58. The Morgan fingerprint density at radius 3 is 2.67 bits per heavy atom. The van der Waals surface area contributed by atoms with Gasteiger partial charge in [-0.15, -0.1) is 0 Å². The van der Waals surface area contributed by atoms with Crippen LogP contribution in [0.25, 0.3) is 0 Å². The largest absolute Gasteiger partial charge is 0.493 e. The molecule has 3 heteroatoms. The Morgan fingerprint density at radius 1 is 1.33 bits per heavy atom. The van der Waals surface area contributed by atoms with E-state index in [9.17, 15) is 0 Å². The molecule has 0 unspecified atom stereocenters. The smallest absolute Gasteiger partial charge is 0.120 e. The highest BCUT2D eigenvalue weighted by molar-refractivity contribution is 9.10. The van der Waals surface area contributed by atoms with Crippen LogP contribution < -0.4 is 10.1 Å². The predicted molar refractivity (Wildman–Crippen MR) is 81.1 cm³/mol. The van der Waals surface area contributed by atoms with Gasteiger partial charge in [0.05, 0.1) is 6.61 Å². The minimum Gasteiger partial charge on any atom is -0.493 e. The van der Waals surface area contributed by atoms with E-state index in [-0.39, 0.29) is 5.41 Å². The minimum atomic E-state index is 0.136. The van der Waals surface area contributed by atoms with Crippen molar-refractivity contribution >= 4 is 15.9 Å². The fourth-order valence-electron chi connectivity index (χ4n) is 1.59. The van der Waals surface area contributed by atoms with Crippen molar-refractivity contribution in [2.45, 2.75) is 27.7 Å². The number of halogens is 1. The number of benzene rings is 1. The molecule has 1 N–H and O–H groups in total. The van der Waals surface area contributed by atoms with Gasteiger partial charge in [-0.3, -0.25) is 0 Å². The van der Waals surface area contributed by atoms with E-state index in [1.54, 1.807) is 0 Å². The first-order chi connectivity index (χ1) is 8.39. The fourth-order valence-corrected chi connectivity index (χ4v) is 1.96. The number of ether oxygens (including phenoxy) is 1. The lowest BCUT2D eigenvalue weighted by molar-refractivity contribution is 0.175. The van der Waals surface area contributed by atoms with Crippen LogP contribution in [0.3, 0.4) is 0 Å². The molecule has 0 bridgehead atoms. The van der Waals surface area contributed by atoms with E-state index in [1.807, 2.05) is 24.3 Å². The van der Waals surface area contributed by atoms with Crippen molar-refractivity contribution in [3.8, 4) is 5.75 Å². The summed E-state index contributed by atoms with van der Waals surface area (Å²) in [4.78, 5) is 0. The molecule has 0 aliphatic rings. The second kappa shape index (κ2) is 7.15. The number of hydrogen-bond donors (Lipinski definition) is 1. The molecule has 0 atom stereocenters. The standard InChI is InChI=1S/C15H24BrNO/c1-12(2)9-17-10-15(3,4)11-18-14-7-5-6-13(16)8-14/h5-8,12,17H,9-11H2,1-4H3. The summed E-state index contributed by atoms with van der Waals surface area (Å²) in [7, 11) is 0. The number of rotatable bonds is 7. The molecule has 0 aliphatic heterocycles. The first kappa shape index (κ1) is 15.5. The molecule has 18 heavy (non-hydrogen) atoms. The van der Waals surface area contributed by atoms with Gasteiger partial charge >= 0.3 is 0 Å². The van der Waals surface area contributed by atoms with Gasteiger partial charge < -0.3 is 10.1 Å². The molecule has 0 fully saturated rings. The van der Waals surface area contributed by atoms with Gasteiger partial charge in [-0.1, -0.05) is 49.7 Å². The Morgan fingerprint density at radius 2 is 2.06 bits per heavy atom. The van der Waals surface area contributed by atoms with Crippen LogP contribution in [0.5, 0.6) is 5.75 Å². The maximum absolute atomic E-state index is 5.84. The van der Waals surface area contributed by atoms with Gasteiger partial charge in [0.25, 0.3) is 0 Å². The second-order valence-electron chi connectivity index (χ2n) is 5.94. The first-order valence-corrected chi connectivity index (χ1v) is 7.27. The molecule has 0 radical (unpaired) electrons. The molecule has 1 aromatic rings. The average molecular weight is 314 g/mol. The van der Waals surface area contributed by atoms with Crippen molar-refractivity contribution in [3.63, 3.8) is 0 Å². The zero-order valence-corrected chi connectivity index (χ0v) is 13.4. The summed E-state index contributed by atoms with van der Waals surface area (Å²) in [5.41, 5.74) is 0.136. The summed E-state index contributed by atoms with van der Waals surface area (Å²) in [6, 6.07) is 7.98. The zero-order chi connectivity index (χ0) is 13.6. The topological polar surface area (TPSA) is 21.3 Å². The number of nitrogens with one attached hydrogen (secondary N) is 1. The first-order valence-electron chi connectivity index (χ1n) is 6.48.